The van der Waals surface area contributed by atoms with E-state index in [1.54, 1.807) is 11.8 Å². The zero-order valence-electron chi connectivity index (χ0n) is 18.1. The summed E-state index contributed by atoms with van der Waals surface area (Å²) in [6, 6.07) is 0. The van der Waals surface area contributed by atoms with E-state index in [4.69, 9.17) is 9.97 Å². The van der Waals surface area contributed by atoms with E-state index in [9.17, 15) is 4.79 Å². The second-order valence-corrected chi connectivity index (χ2v) is 9.52. The highest BCUT2D eigenvalue weighted by atomic mass is 32.2. The molecule has 1 N–H and O–H groups in total. The van der Waals surface area contributed by atoms with Crippen LogP contribution in [0.5, 0.6) is 0 Å². The van der Waals surface area contributed by atoms with Crippen LogP contribution in [0.2, 0.25) is 0 Å². The van der Waals surface area contributed by atoms with E-state index < -0.39 is 0 Å². The summed E-state index contributed by atoms with van der Waals surface area (Å²) in [7, 11) is 0. The Morgan fingerprint density at radius 3 is 2.67 bits per heavy atom. The van der Waals surface area contributed by atoms with Crippen molar-refractivity contribution in [1.29, 1.82) is 0 Å². The maximum atomic E-state index is 12.4. The van der Waals surface area contributed by atoms with E-state index in [0.717, 1.165) is 60.1 Å². The van der Waals surface area contributed by atoms with Crippen molar-refractivity contribution in [2.75, 3.05) is 30.3 Å². The van der Waals surface area contributed by atoms with Crippen LogP contribution in [0.4, 0.5) is 5.82 Å². The van der Waals surface area contributed by atoms with Crippen molar-refractivity contribution >= 4 is 34.5 Å². The van der Waals surface area contributed by atoms with Gasteiger partial charge in [-0.05, 0) is 38.5 Å². The first-order valence-electron chi connectivity index (χ1n) is 11.6. The molecule has 0 unspecified atom stereocenters. The van der Waals surface area contributed by atoms with Gasteiger partial charge in [-0.25, -0.2) is 14.6 Å². The van der Waals surface area contributed by atoms with E-state index >= 15 is 0 Å². The number of anilines is 1. The van der Waals surface area contributed by atoms with Crippen LogP contribution in [0.25, 0.3) is 11.0 Å². The molecule has 30 heavy (non-hydrogen) atoms. The Kier molecular flexibility index (Phi) is 7.47. The minimum absolute atomic E-state index is 0.193. The smallest absolute Gasteiger partial charge is 0.223 e. The molecule has 1 saturated heterocycles. The van der Waals surface area contributed by atoms with Crippen LogP contribution in [0.15, 0.2) is 11.4 Å². The fraction of sp³-hybridized carbons (Fsp3) is 0.727. The molecule has 0 spiro atoms. The number of rotatable bonds is 8. The summed E-state index contributed by atoms with van der Waals surface area (Å²) in [6.45, 7) is 5.50. The first-order valence-corrected chi connectivity index (χ1v) is 12.6. The molecule has 0 bridgehead atoms. The molecule has 2 aromatic rings. The molecule has 0 aromatic carbocycles. The first-order chi connectivity index (χ1) is 14.8. The molecule has 164 valence electrons. The maximum Gasteiger partial charge on any atom is 0.223 e. The molecular weight excluding hydrogens is 396 g/mol. The molecule has 0 atom stereocenters. The molecule has 0 radical (unpaired) electrons. The van der Waals surface area contributed by atoms with Gasteiger partial charge in [0.1, 0.15) is 5.82 Å². The zero-order chi connectivity index (χ0) is 20.8. The number of nitrogens with zero attached hydrogens (tertiary/aromatic N) is 5. The van der Waals surface area contributed by atoms with Gasteiger partial charge in [0, 0.05) is 31.3 Å². The van der Waals surface area contributed by atoms with Crippen molar-refractivity contribution in [3.8, 4) is 0 Å². The second-order valence-electron chi connectivity index (χ2n) is 8.46. The average Bonchev–Trinajstić information content (AvgIpc) is 3.21. The van der Waals surface area contributed by atoms with Crippen LogP contribution in [-0.2, 0) is 11.3 Å². The Bertz CT molecular complexity index is 842. The van der Waals surface area contributed by atoms with E-state index in [2.05, 4.69) is 22.2 Å². The van der Waals surface area contributed by atoms with Crippen LogP contribution < -0.4 is 10.2 Å². The lowest BCUT2D eigenvalue weighted by Gasteiger charge is -2.28. The lowest BCUT2D eigenvalue weighted by Crippen LogP contribution is -2.34. The molecule has 3 heterocycles. The summed E-state index contributed by atoms with van der Waals surface area (Å²) in [4.78, 5) is 24.6. The van der Waals surface area contributed by atoms with Gasteiger partial charge in [-0.2, -0.15) is 5.10 Å². The minimum Gasteiger partial charge on any atom is -0.356 e. The average molecular weight is 431 g/mol. The molecule has 7 nitrogen and oxygen atoms in total. The molecule has 1 amide bonds. The van der Waals surface area contributed by atoms with Gasteiger partial charge in [0.2, 0.25) is 5.91 Å². The number of nitrogens with one attached hydrogen (secondary N) is 1. The minimum atomic E-state index is 0.193. The van der Waals surface area contributed by atoms with E-state index in [1.807, 2.05) is 10.9 Å². The lowest BCUT2D eigenvalue weighted by molar-refractivity contribution is -0.125. The molecule has 1 aliphatic heterocycles. The number of thioether (sulfide) groups is 1. The molecule has 4 rings (SSSR count). The number of fused-ring (bicyclic) bond motifs is 1. The largest absolute Gasteiger partial charge is 0.356 e. The highest BCUT2D eigenvalue weighted by Gasteiger charge is 2.22. The van der Waals surface area contributed by atoms with Crippen molar-refractivity contribution < 1.29 is 4.79 Å². The van der Waals surface area contributed by atoms with Crippen molar-refractivity contribution in [1.82, 2.24) is 25.1 Å². The van der Waals surface area contributed by atoms with Gasteiger partial charge in [-0.1, -0.05) is 37.9 Å². The van der Waals surface area contributed by atoms with E-state index in [-0.39, 0.29) is 11.8 Å². The van der Waals surface area contributed by atoms with Crippen LogP contribution in [0, 0.1) is 5.92 Å². The van der Waals surface area contributed by atoms with Crippen molar-refractivity contribution in [2.45, 2.75) is 76.4 Å². The Balaban J connectivity index is 1.49. The molecule has 8 heteroatoms. The highest BCUT2D eigenvalue weighted by molar-refractivity contribution is 7.99. The van der Waals surface area contributed by atoms with Crippen LogP contribution >= 0.6 is 11.8 Å². The third-order valence-corrected chi connectivity index (χ3v) is 7.20. The van der Waals surface area contributed by atoms with Gasteiger partial charge in [0.15, 0.2) is 10.8 Å². The molecule has 2 aromatic heterocycles. The summed E-state index contributed by atoms with van der Waals surface area (Å²) in [5.74, 6) is 2.43. The predicted octanol–water partition coefficient (Wildman–Crippen LogP) is 4.02. The number of hydrogen-bond donors (Lipinski definition) is 1. The first kappa shape index (κ1) is 21.4. The number of carbonyl (C=O) groups excluding carboxylic acids is 1. The number of aromatic nitrogens is 4. The third-order valence-electron chi connectivity index (χ3n) is 6.15. The molecule has 1 aliphatic carbocycles. The molecular formula is C22H34N6OS. The molecule has 2 fully saturated rings. The zero-order valence-corrected chi connectivity index (χ0v) is 18.9. The van der Waals surface area contributed by atoms with Gasteiger partial charge in [-0.3, -0.25) is 4.79 Å². The Labute approximate surface area is 183 Å². The van der Waals surface area contributed by atoms with Gasteiger partial charge >= 0.3 is 0 Å². The normalized spacial score (nSPS) is 18.1. The second kappa shape index (κ2) is 10.5. The highest BCUT2D eigenvalue weighted by Crippen LogP contribution is 2.29. The number of hydrogen-bond acceptors (Lipinski definition) is 6. The summed E-state index contributed by atoms with van der Waals surface area (Å²) in [5, 5.41) is 9.59. The quantitative estimate of drug-likeness (QED) is 0.504. The van der Waals surface area contributed by atoms with E-state index in [1.165, 1.54) is 38.5 Å². The number of carbonyl (C=O) groups is 1. The summed E-state index contributed by atoms with van der Waals surface area (Å²) in [5.41, 5.74) is 0.885. The van der Waals surface area contributed by atoms with Gasteiger partial charge in [0.25, 0.3) is 0 Å². The number of amides is 1. The van der Waals surface area contributed by atoms with Crippen molar-refractivity contribution in [3.63, 3.8) is 0 Å². The van der Waals surface area contributed by atoms with Gasteiger partial charge in [-0.15, -0.1) is 0 Å². The van der Waals surface area contributed by atoms with Crippen LogP contribution in [-0.4, -0.2) is 51.0 Å². The van der Waals surface area contributed by atoms with Gasteiger partial charge < -0.3 is 10.2 Å². The predicted molar refractivity (Wildman–Crippen MR) is 122 cm³/mol. The Morgan fingerprint density at radius 1 is 1.13 bits per heavy atom. The third kappa shape index (κ3) is 5.07. The van der Waals surface area contributed by atoms with Crippen LogP contribution in [0.1, 0.15) is 64.7 Å². The Morgan fingerprint density at radius 2 is 1.90 bits per heavy atom. The topological polar surface area (TPSA) is 75.9 Å². The Hall–Kier alpha value is -1.83. The molecule has 1 saturated carbocycles. The fourth-order valence-corrected chi connectivity index (χ4v) is 5.17. The van der Waals surface area contributed by atoms with E-state index in [0.29, 0.717) is 13.1 Å². The summed E-state index contributed by atoms with van der Waals surface area (Å²) < 4.78 is 1.93. The standard InChI is InChI=1S/C22H34N6OS/c1-2-15-30-22-25-19(27-12-7-4-8-13-27)18-16-24-28(20(18)26-22)14-11-23-21(29)17-9-5-3-6-10-17/h16-17H,2-15H2,1H3,(H,23,29). The SMILES string of the molecule is CCCSc1nc(N2CCCCC2)c2cnn(CCNC(=O)C3CCCCC3)c2n1. The summed E-state index contributed by atoms with van der Waals surface area (Å²) >= 11 is 1.71. The van der Waals surface area contributed by atoms with Gasteiger partial charge in [0.05, 0.1) is 18.1 Å². The van der Waals surface area contributed by atoms with Crippen molar-refractivity contribution in [2.24, 2.45) is 5.92 Å². The number of piperidine rings is 1. The maximum absolute atomic E-state index is 12.4. The lowest BCUT2D eigenvalue weighted by atomic mass is 9.89. The molecule has 2 aliphatic rings. The summed E-state index contributed by atoms with van der Waals surface area (Å²) in [6.07, 6.45) is 12.4. The van der Waals surface area contributed by atoms with Crippen LogP contribution in [0.3, 0.4) is 0 Å². The monoisotopic (exact) mass is 430 g/mol. The van der Waals surface area contributed by atoms with Crippen molar-refractivity contribution in [3.05, 3.63) is 6.20 Å². The fourth-order valence-electron chi connectivity index (χ4n) is 4.48.